The van der Waals surface area contributed by atoms with Crippen molar-refractivity contribution in [2.45, 2.75) is 105 Å². The van der Waals surface area contributed by atoms with Crippen LogP contribution in [0.3, 0.4) is 0 Å². The molecule has 9 rings (SSSR count). The number of aromatic nitrogens is 1. The molecule has 0 fully saturated rings. The third kappa shape index (κ3) is 10.00. The van der Waals surface area contributed by atoms with E-state index in [-0.39, 0.29) is 39.0 Å². The fraction of sp³-hybridized carbons (Fsp3) is 0.262. The molecule has 0 aliphatic carbocycles. The first-order valence-electron chi connectivity index (χ1n) is 23.4. The lowest BCUT2D eigenvalue weighted by molar-refractivity contribution is 0.112. The van der Waals surface area contributed by atoms with Gasteiger partial charge in [0.25, 0.3) is 0 Å². The van der Waals surface area contributed by atoms with E-state index in [0.29, 0.717) is 11.1 Å². The minimum Gasteiger partial charge on any atom is -0.507 e. The number of thiazole rings is 1. The minimum atomic E-state index is -0.276. The van der Waals surface area contributed by atoms with Crippen molar-refractivity contribution in [1.82, 2.24) is 4.98 Å². The standard InChI is InChI=1S/C46H39FN2O2S.C15H22O2/c1-45(2,3)30-22-29(42(50)37(25-30)46(4,5)6)26-48-38-16-9-7-13-35(38)44-49-41-36(23-28(24-40(41)52-44)27-18-20-31(47)21-19-27)34-15-11-14-33-32-12-8-10-17-39(32)51-43(33)34;1-14(2,3)11-7-10(9-16)13(17)12(8-11)15(4,5)6/h7-26,50H,1-6H3;7-9,17H,1-6H3. The molecule has 0 saturated heterocycles. The molecule has 2 heterocycles. The summed E-state index contributed by atoms with van der Waals surface area (Å²) in [5, 5.41) is 24.4. The number of para-hydroxylation sites is 3. The number of rotatable bonds is 6. The Labute approximate surface area is 409 Å². The van der Waals surface area contributed by atoms with Crippen molar-refractivity contribution in [3.63, 3.8) is 0 Å². The molecule has 8 heteroatoms. The van der Waals surface area contributed by atoms with Crippen LogP contribution in [0.25, 0.3) is 65.0 Å². The van der Waals surface area contributed by atoms with E-state index in [2.05, 4.69) is 105 Å². The Morgan fingerprint density at radius 2 is 1.14 bits per heavy atom. The first-order chi connectivity index (χ1) is 32.4. The molecule has 0 radical (unpaired) electrons. The third-order valence-corrected chi connectivity index (χ3v) is 13.6. The zero-order valence-corrected chi connectivity index (χ0v) is 42.5. The molecule has 2 N–H and O–H groups in total. The Morgan fingerprint density at radius 3 is 1.77 bits per heavy atom. The second kappa shape index (κ2) is 18.2. The molecule has 9 aromatic rings. The largest absolute Gasteiger partial charge is 0.507 e. The van der Waals surface area contributed by atoms with Gasteiger partial charge in [-0.2, -0.15) is 0 Å². The highest BCUT2D eigenvalue weighted by Gasteiger charge is 2.27. The van der Waals surface area contributed by atoms with Gasteiger partial charge < -0.3 is 14.6 Å². The topological polar surface area (TPSA) is 95.9 Å². The van der Waals surface area contributed by atoms with Gasteiger partial charge in [-0.05, 0) is 98.5 Å². The fourth-order valence-electron chi connectivity index (χ4n) is 8.54. The second-order valence-corrected chi connectivity index (χ2v) is 23.0. The van der Waals surface area contributed by atoms with E-state index in [0.717, 1.165) is 99.2 Å². The van der Waals surface area contributed by atoms with Crippen LogP contribution in [0.15, 0.2) is 137 Å². The number of aldehydes is 1. The van der Waals surface area contributed by atoms with Crippen LogP contribution < -0.4 is 0 Å². The number of furan rings is 1. The summed E-state index contributed by atoms with van der Waals surface area (Å²) in [7, 11) is 0. The zero-order valence-electron chi connectivity index (χ0n) is 41.7. The number of aliphatic imine (C=N–C) groups is 1. The zero-order chi connectivity index (χ0) is 49.8. The van der Waals surface area contributed by atoms with Gasteiger partial charge in [0.1, 0.15) is 33.5 Å². The summed E-state index contributed by atoms with van der Waals surface area (Å²) >= 11 is 1.59. The van der Waals surface area contributed by atoms with Crippen LogP contribution in [0.4, 0.5) is 10.1 Å². The number of aromatic hydroxyl groups is 2. The molecule has 352 valence electrons. The predicted octanol–water partition coefficient (Wildman–Crippen LogP) is 17.2. The Bertz CT molecular complexity index is 3420. The monoisotopic (exact) mass is 936 g/mol. The van der Waals surface area contributed by atoms with Crippen molar-refractivity contribution < 1.29 is 23.8 Å². The Kier molecular flexibility index (Phi) is 12.8. The number of carbonyl (C=O) groups excluding carboxylic acids is 1. The van der Waals surface area contributed by atoms with Crippen LogP contribution in [0, 0.1) is 5.82 Å². The molecular formula is C61H61FN2O4S. The van der Waals surface area contributed by atoms with Gasteiger partial charge in [-0.25, -0.2) is 9.37 Å². The van der Waals surface area contributed by atoms with E-state index in [1.807, 2.05) is 87.5 Å². The molecule has 0 bridgehead atoms. The van der Waals surface area contributed by atoms with E-state index in [1.54, 1.807) is 23.6 Å². The van der Waals surface area contributed by atoms with Crippen LogP contribution in [0.2, 0.25) is 0 Å². The van der Waals surface area contributed by atoms with Gasteiger partial charge in [-0.15, -0.1) is 11.3 Å². The normalized spacial score (nSPS) is 12.5. The average Bonchev–Trinajstić information content (AvgIpc) is 3.90. The summed E-state index contributed by atoms with van der Waals surface area (Å²) in [4.78, 5) is 21.3. The summed E-state index contributed by atoms with van der Waals surface area (Å²) < 4.78 is 21.5. The van der Waals surface area contributed by atoms with Gasteiger partial charge in [-0.1, -0.05) is 156 Å². The number of phenols is 2. The minimum absolute atomic E-state index is 0.0362. The Hall–Kier alpha value is -6.90. The molecule has 0 saturated carbocycles. The molecule has 7 aromatic carbocycles. The molecule has 0 aliphatic heterocycles. The van der Waals surface area contributed by atoms with E-state index in [9.17, 15) is 19.4 Å². The van der Waals surface area contributed by atoms with E-state index < -0.39 is 0 Å². The molecule has 0 atom stereocenters. The van der Waals surface area contributed by atoms with Crippen molar-refractivity contribution >= 4 is 61.7 Å². The lowest BCUT2D eigenvalue weighted by atomic mass is 9.79. The predicted molar refractivity (Wildman–Crippen MR) is 287 cm³/mol. The molecule has 0 unspecified atom stereocenters. The maximum Gasteiger partial charge on any atom is 0.153 e. The van der Waals surface area contributed by atoms with Crippen molar-refractivity contribution in [3.8, 4) is 44.3 Å². The second-order valence-electron chi connectivity index (χ2n) is 22.0. The van der Waals surface area contributed by atoms with Gasteiger partial charge in [0.15, 0.2) is 6.29 Å². The molecule has 0 spiro atoms. The number of nitrogens with zero attached hydrogens (tertiary/aromatic N) is 2. The molecule has 6 nitrogen and oxygen atoms in total. The van der Waals surface area contributed by atoms with Gasteiger partial charge >= 0.3 is 0 Å². The number of halogens is 1. The number of fused-ring (bicyclic) bond motifs is 4. The van der Waals surface area contributed by atoms with E-state index in [4.69, 9.17) is 14.4 Å². The maximum atomic E-state index is 14.0. The molecule has 2 aromatic heterocycles. The number of carbonyl (C=O) groups is 1. The molecule has 69 heavy (non-hydrogen) atoms. The van der Waals surface area contributed by atoms with Crippen molar-refractivity contribution in [2.75, 3.05) is 0 Å². The van der Waals surface area contributed by atoms with Crippen LogP contribution >= 0.6 is 11.3 Å². The summed E-state index contributed by atoms with van der Waals surface area (Å²) in [5.41, 5.74) is 12.3. The number of hydrogen-bond donors (Lipinski definition) is 2. The molecular weight excluding hydrogens is 876 g/mol. The number of benzene rings is 7. The molecule has 0 aliphatic rings. The maximum absolute atomic E-state index is 14.0. The van der Waals surface area contributed by atoms with Crippen molar-refractivity contribution in [1.29, 1.82) is 0 Å². The highest BCUT2D eigenvalue weighted by molar-refractivity contribution is 7.21. The Morgan fingerprint density at radius 1 is 0.580 bits per heavy atom. The third-order valence-electron chi connectivity index (χ3n) is 12.6. The van der Waals surface area contributed by atoms with Crippen LogP contribution in [-0.4, -0.2) is 27.7 Å². The first-order valence-corrected chi connectivity index (χ1v) is 24.2. The quantitative estimate of drug-likeness (QED) is 0.128. The summed E-state index contributed by atoms with van der Waals surface area (Å²) in [5.74, 6) is 0.0855. The van der Waals surface area contributed by atoms with Gasteiger partial charge in [0, 0.05) is 50.4 Å². The Balaban J connectivity index is 0.000000321. The lowest BCUT2D eigenvalue weighted by Gasteiger charge is -2.27. The van der Waals surface area contributed by atoms with Crippen molar-refractivity contribution in [3.05, 3.63) is 167 Å². The van der Waals surface area contributed by atoms with Gasteiger partial charge in [-0.3, -0.25) is 9.79 Å². The average molecular weight is 937 g/mol. The molecule has 0 amide bonds. The van der Waals surface area contributed by atoms with Crippen LogP contribution in [0.1, 0.15) is 121 Å². The lowest BCUT2D eigenvalue weighted by Crippen LogP contribution is -2.17. The van der Waals surface area contributed by atoms with Crippen molar-refractivity contribution in [2.24, 2.45) is 4.99 Å². The van der Waals surface area contributed by atoms with Gasteiger partial charge in [0.2, 0.25) is 0 Å². The summed E-state index contributed by atoms with van der Waals surface area (Å²) in [6.07, 6.45) is 2.49. The SMILES string of the molecule is CC(C)(C)c1cc(C=Nc2ccccc2-c2nc3c(-c4cccc5c4oc4ccccc45)cc(-c4ccc(F)cc4)cc3s2)c(O)c(C(C)(C)C)c1.CC(C)(C)c1cc(C=O)c(O)c(C(C)(C)C)c1. The number of phenolic OH excluding ortho intramolecular Hbond substituents is 2. The fourth-order valence-corrected chi connectivity index (χ4v) is 9.60. The summed E-state index contributed by atoms with van der Waals surface area (Å²) in [6.45, 7) is 25.3. The highest BCUT2D eigenvalue weighted by Crippen LogP contribution is 2.45. The number of hydrogen-bond acceptors (Lipinski definition) is 7. The highest BCUT2D eigenvalue weighted by atomic mass is 32.1. The van der Waals surface area contributed by atoms with E-state index >= 15 is 0 Å². The first kappa shape index (κ1) is 48.6. The van der Waals surface area contributed by atoms with Crippen LogP contribution in [-0.2, 0) is 21.7 Å². The van der Waals surface area contributed by atoms with Crippen LogP contribution in [0.5, 0.6) is 11.5 Å². The smallest absolute Gasteiger partial charge is 0.153 e. The van der Waals surface area contributed by atoms with E-state index in [1.165, 1.54) is 12.1 Å². The van der Waals surface area contributed by atoms with Gasteiger partial charge in [0.05, 0.1) is 21.5 Å². The summed E-state index contributed by atoms with van der Waals surface area (Å²) in [6, 6.07) is 41.1.